The molecule has 1 aromatic carbocycles. The zero-order valence-corrected chi connectivity index (χ0v) is 12.6. The minimum absolute atomic E-state index is 0.141. The smallest absolute Gasteiger partial charge is 0.407 e. The first-order chi connectivity index (χ1) is 9.67. The molecule has 1 amide bonds. The van der Waals surface area contributed by atoms with Crippen LogP contribution < -0.4 is 10.1 Å². The summed E-state index contributed by atoms with van der Waals surface area (Å²) in [5.74, 6) is 0.766. The Hall–Kier alpha value is -1.76. The van der Waals surface area contributed by atoms with Crippen molar-refractivity contribution in [2.24, 2.45) is 5.16 Å². The van der Waals surface area contributed by atoms with Gasteiger partial charge in [-0.1, -0.05) is 17.3 Å². The Morgan fingerprint density at radius 1 is 1.50 bits per heavy atom. The van der Waals surface area contributed by atoms with E-state index < -0.39 is 6.09 Å². The van der Waals surface area contributed by atoms with Gasteiger partial charge in [-0.2, -0.15) is 0 Å². The number of ether oxygens (including phenoxy) is 2. The molecule has 1 aliphatic heterocycles. The number of alkyl carbamates (subject to hydrolysis) is 1. The Bertz CT molecular complexity index is 490. The number of rotatable bonds is 5. The highest BCUT2D eigenvalue weighted by molar-refractivity contribution is 9.18. The number of amides is 1. The van der Waals surface area contributed by atoms with Gasteiger partial charge in [-0.15, -0.1) is 0 Å². The molecule has 1 aliphatic rings. The van der Waals surface area contributed by atoms with Gasteiger partial charge in [-0.05, 0) is 33.6 Å². The fraction of sp³-hybridized carbons (Fsp3) is 0.385. The molecule has 20 heavy (non-hydrogen) atoms. The summed E-state index contributed by atoms with van der Waals surface area (Å²) in [6.07, 6.45) is 0.0315. The SMILES string of the molecule is COc1ccc(COC(=O)NCC2CC(Br)=NO2)cc1. The summed E-state index contributed by atoms with van der Waals surface area (Å²) in [5.41, 5.74) is 0.893. The van der Waals surface area contributed by atoms with Crippen LogP contribution in [0.4, 0.5) is 4.79 Å². The number of benzene rings is 1. The summed E-state index contributed by atoms with van der Waals surface area (Å²) < 4.78 is 10.9. The summed E-state index contributed by atoms with van der Waals surface area (Å²) in [7, 11) is 1.60. The van der Waals surface area contributed by atoms with E-state index in [4.69, 9.17) is 14.3 Å². The molecule has 0 bridgehead atoms. The molecule has 108 valence electrons. The topological polar surface area (TPSA) is 69.2 Å². The maximum atomic E-state index is 11.5. The zero-order valence-electron chi connectivity index (χ0n) is 11.0. The molecular weight excluding hydrogens is 328 g/mol. The van der Waals surface area contributed by atoms with Gasteiger partial charge in [-0.25, -0.2) is 4.79 Å². The first-order valence-electron chi connectivity index (χ1n) is 6.09. The Morgan fingerprint density at radius 2 is 2.25 bits per heavy atom. The zero-order chi connectivity index (χ0) is 14.4. The molecule has 6 nitrogen and oxygen atoms in total. The third kappa shape index (κ3) is 4.41. The lowest BCUT2D eigenvalue weighted by Crippen LogP contribution is -2.32. The monoisotopic (exact) mass is 342 g/mol. The number of nitrogens with one attached hydrogen (secondary N) is 1. The van der Waals surface area contributed by atoms with Crippen molar-refractivity contribution in [3.63, 3.8) is 0 Å². The molecule has 1 aromatic rings. The number of nitrogens with zero attached hydrogens (tertiary/aromatic N) is 1. The number of carbonyl (C=O) groups is 1. The summed E-state index contributed by atoms with van der Waals surface area (Å²) >= 11 is 3.23. The second-order valence-corrected chi connectivity index (χ2v) is 5.12. The van der Waals surface area contributed by atoms with E-state index in [9.17, 15) is 4.79 Å². The van der Waals surface area contributed by atoms with E-state index in [1.54, 1.807) is 7.11 Å². The van der Waals surface area contributed by atoms with Gasteiger partial charge >= 0.3 is 6.09 Å². The summed E-state index contributed by atoms with van der Waals surface area (Å²) in [5, 5.41) is 6.37. The molecule has 0 fully saturated rings. The van der Waals surface area contributed by atoms with Crippen molar-refractivity contribution in [2.45, 2.75) is 19.1 Å². The molecule has 7 heteroatoms. The van der Waals surface area contributed by atoms with Crippen molar-refractivity contribution in [3.05, 3.63) is 29.8 Å². The Morgan fingerprint density at radius 3 is 2.85 bits per heavy atom. The first kappa shape index (κ1) is 14.6. The van der Waals surface area contributed by atoms with Crippen LogP contribution in [0.15, 0.2) is 29.4 Å². The van der Waals surface area contributed by atoms with Gasteiger partial charge in [0, 0.05) is 6.42 Å². The van der Waals surface area contributed by atoms with Crippen molar-refractivity contribution < 1.29 is 19.1 Å². The van der Waals surface area contributed by atoms with Gasteiger partial charge < -0.3 is 19.6 Å². The molecule has 0 spiro atoms. The van der Waals surface area contributed by atoms with Crippen LogP contribution in [-0.4, -0.2) is 30.5 Å². The minimum atomic E-state index is -0.479. The predicted octanol–water partition coefficient (Wildman–Crippen LogP) is 2.42. The van der Waals surface area contributed by atoms with Crippen molar-refractivity contribution in [2.75, 3.05) is 13.7 Å². The lowest BCUT2D eigenvalue weighted by molar-refractivity contribution is 0.0797. The molecule has 0 radical (unpaired) electrons. The second-order valence-electron chi connectivity index (χ2n) is 4.20. The molecule has 0 saturated carbocycles. The van der Waals surface area contributed by atoms with Crippen molar-refractivity contribution >= 4 is 26.6 Å². The highest BCUT2D eigenvalue weighted by Gasteiger charge is 2.19. The maximum Gasteiger partial charge on any atom is 0.407 e. The fourth-order valence-corrected chi connectivity index (χ4v) is 2.07. The second kappa shape index (κ2) is 7.14. The Balaban J connectivity index is 1.66. The van der Waals surface area contributed by atoms with E-state index in [0.717, 1.165) is 15.9 Å². The molecule has 1 heterocycles. The molecule has 1 unspecified atom stereocenters. The van der Waals surface area contributed by atoms with Crippen LogP contribution in [0.3, 0.4) is 0 Å². The first-order valence-corrected chi connectivity index (χ1v) is 6.88. The number of methoxy groups -OCH3 is 1. The van der Waals surface area contributed by atoms with E-state index >= 15 is 0 Å². The Kier molecular flexibility index (Phi) is 5.23. The minimum Gasteiger partial charge on any atom is -0.497 e. The van der Waals surface area contributed by atoms with Crippen LogP contribution >= 0.6 is 15.9 Å². The van der Waals surface area contributed by atoms with Crippen molar-refractivity contribution in [1.29, 1.82) is 0 Å². The number of hydrogen-bond donors (Lipinski definition) is 1. The largest absolute Gasteiger partial charge is 0.497 e. The molecule has 1 N–H and O–H groups in total. The number of halogens is 1. The van der Waals surface area contributed by atoms with Gasteiger partial charge in [0.15, 0.2) is 6.10 Å². The van der Waals surface area contributed by atoms with E-state index in [2.05, 4.69) is 26.4 Å². The van der Waals surface area contributed by atoms with Crippen LogP contribution in [0.25, 0.3) is 0 Å². The van der Waals surface area contributed by atoms with Crippen molar-refractivity contribution in [1.82, 2.24) is 5.32 Å². The highest BCUT2D eigenvalue weighted by Crippen LogP contribution is 2.14. The molecular formula is C13H15BrN2O4. The number of oxime groups is 1. The van der Waals surface area contributed by atoms with E-state index in [-0.39, 0.29) is 12.7 Å². The van der Waals surface area contributed by atoms with Gasteiger partial charge in [0.25, 0.3) is 0 Å². The van der Waals surface area contributed by atoms with Crippen LogP contribution in [0, 0.1) is 0 Å². The Labute approximate surface area is 125 Å². The van der Waals surface area contributed by atoms with Gasteiger partial charge in [-0.3, -0.25) is 0 Å². The highest BCUT2D eigenvalue weighted by atomic mass is 79.9. The number of hydrogen-bond acceptors (Lipinski definition) is 5. The van der Waals surface area contributed by atoms with Crippen LogP contribution in [0.2, 0.25) is 0 Å². The predicted molar refractivity (Wildman–Crippen MR) is 77.0 cm³/mol. The lowest BCUT2D eigenvalue weighted by Gasteiger charge is -2.10. The quantitative estimate of drug-likeness (QED) is 0.892. The van der Waals surface area contributed by atoms with E-state index in [0.29, 0.717) is 13.0 Å². The average molecular weight is 343 g/mol. The third-order valence-electron chi connectivity index (χ3n) is 2.70. The summed E-state index contributed by atoms with van der Waals surface area (Å²) in [4.78, 5) is 16.6. The molecule has 0 aliphatic carbocycles. The molecule has 2 rings (SSSR count). The lowest BCUT2D eigenvalue weighted by atomic mass is 10.2. The fourth-order valence-electron chi connectivity index (χ4n) is 1.62. The molecule has 0 aromatic heterocycles. The van der Waals surface area contributed by atoms with Gasteiger partial charge in [0.2, 0.25) is 0 Å². The normalized spacial score (nSPS) is 17.1. The van der Waals surface area contributed by atoms with Crippen LogP contribution in [0.5, 0.6) is 5.75 Å². The summed E-state index contributed by atoms with van der Waals surface area (Å²) in [6, 6.07) is 7.32. The van der Waals surface area contributed by atoms with Gasteiger partial charge in [0.1, 0.15) is 17.0 Å². The van der Waals surface area contributed by atoms with Crippen molar-refractivity contribution in [3.8, 4) is 5.75 Å². The average Bonchev–Trinajstić information content (AvgIpc) is 2.89. The third-order valence-corrected chi connectivity index (χ3v) is 3.17. The van der Waals surface area contributed by atoms with Gasteiger partial charge in [0.05, 0.1) is 13.7 Å². The standard InChI is InChI=1S/C13H15BrN2O4/c1-18-10-4-2-9(3-5-10)8-19-13(17)15-7-11-6-12(14)16-20-11/h2-5,11H,6-8H2,1H3,(H,15,17). The van der Waals surface area contributed by atoms with Crippen LogP contribution in [-0.2, 0) is 16.2 Å². The number of carbonyl (C=O) groups excluding carboxylic acids is 1. The molecule has 0 saturated heterocycles. The van der Waals surface area contributed by atoms with E-state index in [1.807, 2.05) is 24.3 Å². The maximum absolute atomic E-state index is 11.5. The molecule has 1 atom stereocenters. The summed E-state index contributed by atoms with van der Waals surface area (Å²) in [6.45, 7) is 0.571. The van der Waals surface area contributed by atoms with E-state index in [1.165, 1.54) is 0 Å². The van der Waals surface area contributed by atoms with Crippen LogP contribution in [0.1, 0.15) is 12.0 Å².